The van der Waals surface area contributed by atoms with Gasteiger partial charge in [-0.05, 0) is 13.2 Å². The number of carbonyl (C=O) groups is 1. The van der Waals surface area contributed by atoms with Crippen molar-refractivity contribution in [3.63, 3.8) is 0 Å². The average Bonchev–Trinajstić information content (AvgIpc) is 2.30. The number of nitrogens with one attached hydrogen (secondary N) is 3. The van der Waals surface area contributed by atoms with E-state index in [1.54, 1.807) is 6.92 Å². The van der Waals surface area contributed by atoms with E-state index in [1.807, 2.05) is 11.2 Å². The summed E-state index contributed by atoms with van der Waals surface area (Å²) in [6, 6.07) is -0.302. The van der Waals surface area contributed by atoms with E-state index in [2.05, 4.69) is 10.3 Å². The third-order valence-electron chi connectivity index (χ3n) is 2.46. The van der Waals surface area contributed by atoms with Crippen molar-refractivity contribution in [1.29, 1.82) is 0 Å². The minimum Gasteiger partial charge on any atom is -0.395 e. The summed E-state index contributed by atoms with van der Waals surface area (Å²) in [6.45, 7) is 1.65. The predicted molar refractivity (Wildman–Crippen MR) is 69.0 cm³/mol. The van der Waals surface area contributed by atoms with Crippen molar-refractivity contribution in [1.82, 2.24) is 15.3 Å². The van der Waals surface area contributed by atoms with Crippen LogP contribution in [0.15, 0.2) is 15.8 Å². The molecule has 100 valence electrons. The first-order valence-corrected chi connectivity index (χ1v) is 6.55. The van der Waals surface area contributed by atoms with Crippen LogP contribution in [0.5, 0.6) is 0 Å². The zero-order chi connectivity index (χ0) is 13.7. The van der Waals surface area contributed by atoms with Gasteiger partial charge in [0.2, 0.25) is 0 Å². The van der Waals surface area contributed by atoms with Crippen molar-refractivity contribution in [3.8, 4) is 0 Å². The number of H-pyrrole nitrogens is 2. The Kier molecular flexibility index (Phi) is 5.17. The van der Waals surface area contributed by atoms with Crippen LogP contribution in [0, 0.1) is 0 Å². The Morgan fingerprint density at radius 2 is 2.22 bits per heavy atom. The molecule has 0 aliphatic rings. The van der Waals surface area contributed by atoms with Gasteiger partial charge in [-0.2, -0.15) is 11.8 Å². The van der Waals surface area contributed by atoms with Gasteiger partial charge in [0.15, 0.2) is 0 Å². The maximum absolute atomic E-state index is 11.8. The van der Waals surface area contributed by atoms with E-state index in [0.717, 1.165) is 6.20 Å². The zero-order valence-corrected chi connectivity index (χ0v) is 10.8. The van der Waals surface area contributed by atoms with Crippen molar-refractivity contribution < 1.29 is 9.90 Å². The van der Waals surface area contributed by atoms with Crippen molar-refractivity contribution >= 4 is 17.7 Å². The van der Waals surface area contributed by atoms with Crippen LogP contribution in [-0.4, -0.2) is 45.1 Å². The molecule has 4 N–H and O–H groups in total. The van der Waals surface area contributed by atoms with Gasteiger partial charge in [0.05, 0.1) is 6.61 Å². The molecule has 8 heteroatoms. The van der Waals surface area contributed by atoms with Crippen LogP contribution in [0.2, 0.25) is 0 Å². The first-order chi connectivity index (χ1) is 8.49. The van der Waals surface area contributed by atoms with Crippen LogP contribution in [0.25, 0.3) is 0 Å². The van der Waals surface area contributed by atoms with E-state index in [-0.39, 0.29) is 23.5 Å². The molecule has 1 heterocycles. The van der Waals surface area contributed by atoms with E-state index >= 15 is 0 Å². The lowest BCUT2D eigenvalue weighted by molar-refractivity contribution is 0.0934. The first kappa shape index (κ1) is 14.5. The van der Waals surface area contributed by atoms with Crippen molar-refractivity contribution in [2.45, 2.75) is 18.2 Å². The van der Waals surface area contributed by atoms with E-state index in [1.165, 1.54) is 11.8 Å². The highest BCUT2D eigenvalue weighted by molar-refractivity contribution is 7.99. The number of amides is 1. The minimum atomic E-state index is -0.742. The van der Waals surface area contributed by atoms with Crippen LogP contribution < -0.4 is 16.6 Å². The maximum Gasteiger partial charge on any atom is 0.325 e. The molecule has 0 aliphatic heterocycles. The van der Waals surface area contributed by atoms with Gasteiger partial charge < -0.3 is 15.4 Å². The minimum absolute atomic E-state index is 0.0788. The molecule has 0 aliphatic carbocycles. The van der Waals surface area contributed by atoms with Gasteiger partial charge in [-0.1, -0.05) is 0 Å². The lowest BCUT2D eigenvalue weighted by Crippen LogP contribution is -2.43. The van der Waals surface area contributed by atoms with Gasteiger partial charge in [-0.25, -0.2) is 4.79 Å². The fourth-order valence-corrected chi connectivity index (χ4v) is 2.02. The molecule has 0 spiro atoms. The Labute approximate surface area is 107 Å². The second-order valence-corrected chi connectivity index (χ2v) is 4.78. The lowest BCUT2D eigenvalue weighted by Gasteiger charge is -2.20. The Bertz CT molecular complexity index is 520. The Morgan fingerprint density at radius 3 is 2.72 bits per heavy atom. The van der Waals surface area contributed by atoms with Crippen LogP contribution in [0.3, 0.4) is 0 Å². The zero-order valence-electron chi connectivity index (χ0n) is 10.0. The highest BCUT2D eigenvalue weighted by atomic mass is 32.2. The third kappa shape index (κ3) is 3.47. The van der Waals surface area contributed by atoms with Gasteiger partial charge in [0.1, 0.15) is 5.56 Å². The first-order valence-electron chi connectivity index (χ1n) is 5.26. The molecule has 0 saturated carbocycles. The average molecular weight is 273 g/mol. The maximum atomic E-state index is 11.8. The quantitative estimate of drug-likeness (QED) is 0.544. The van der Waals surface area contributed by atoms with Gasteiger partial charge in [-0.3, -0.25) is 14.6 Å². The second kappa shape index (κ2) is 6.41. The van der Waals surface area contributed by atoms with E-state index in [0.29, 0.717) is 0 Å². The summed E-state index contributed by atoms with van der Waals surface area (Å²) in [6.07, 6.45) is 2.88. The molecule has 2 atom stereocenters. The van der Waals surface area contributed by atoms with Gasteiger partial charge >= 0.3 is 5.69 Å². The summed E-state index contributed by atoms with van der Waals surface area (Å²) in [5.41, 5.74) is -1.57. The summed E-state index contributed by atoms with van der Waals surface area (Å²) in [4.78, 5) is 38.2. The highest BCUT2D eigenvalue weighted by Crippen LogP contribution is 2.10. The fraction of sp³-hybridized carbons (Fsp3) is 0.500. The van der Waals surface area contributed by atoms with Crippen molar-refractivity contribution in [2.75, 3.05) is 12.9 Å². The Hall–Kier alpha value is -1.54. The Morgan fingerprint density at radius 1 is 1.56 bits per heavy atom. The number of thioether (sulfide) groups is 1. The molecule has 2 unspecified atom stereocenters. The molecule has 0 saturated heterocycles. The van der Waals surface area contributed by atoms with E-state index in [9.17, 15) is 14.4 Å². The van der Waals surface area contributed by atoms with Crippen LogP contribution in [0.4, 0.5) is 0 Å². The molecule has 0 radical (unpaired) electrons. The molecule has 1 aromatic rings. The molecule has 0 aromatic carbocycles. The number of hydrogen-bond acceptors (Lipinski definition) is 5. The number of aliphatic hydroxyl groups is 1. The third-order valence-corrected chi connectivity index (χ3v) is 3.63. The topological polar surface area (TPSA) is 115 Å². The monoisotopic (exact) mass is 273 g/mol. The number of aromatic nitrogens is 2. The van der Waals surface area contributed by atoms with Crippen LogP contribution >= 0.6 is 11.8 Å². The van der Waals surface area contributed by atoms with E-state index in [4.69, 9.17) is 5.11 Å². The number of rotatable bonds is 5. The normalized spacial score (nSPS) is 13.9. The number of aromatic amines is 2. The molecule has 1 aromatic heterocycles. The van der Waals surface area contributed by atoms with Gasteiger partial charge in [-0.15, -0.1) is 0 Å². The molecule has 0 fully saturated rings. The summed E-state index contributed by atoms with van der Waals surface area (Å²) in [5, 5.41) is 11.5. The second-order valence-electron chi connectivity index (χ2n) is 3.70. The lowest BCUT2D eigenvalue weighted by atomic mass is 10.2. The number of hydrogen-bond donors (Lipinski definition) is 4. The SMILES string of the molecule is CSC(CO)C(C)NC(=O)c1c[nH]c(=O)[nH]c1=O. The Balaban J connectivity index is 2.82. The summed E-state index contributed by atoms with van der Waals surface area (Å²) in [7, 11) is 0. The molecular formula is C10H15N3O4S. The molecule has 7 nitrogen and oxygen atoms in total. The predicted octanol–water partition coefficient (Wildman–Crippen LogP) is -1.09. The van der Waals surface area contributed by atoms with E-state index < -0.39 is 17.2 Å². The summed E-state index contributed by atoms with van der Waals surface area (Å²) in [5.74, 6) is -0.590. The molecule has 1 rings (SSSR count). The van der Waals surface area contributed by atoms with Crippen molar-refractivity contribution in [2.24, 2.45) is 0 Å². The molecule has 18 heavy (non-hydrogen) atoms. The summed E-state index contributed by atoms with van der Waals surface area (Å²) < 4.78 is 0. The largest absolute Gasteiger partial charge is 0.395 e. The standard InChI is InChI=1S/C10H15N3O4S/c1-5(7(4-14)18-2)12-8(15)6-3-11-10(17)13-9(6)16/h3,5,7,14H,4H2,1-2H3,(H,12,15)(H2,11,13,16,17). The summed E-state index contributed by atoms with van der Waals surface area (Å²) >= 11 is 1.41. The van der Waals surface area contributed by atoms with Crippen LogP contribution in [-0.2, 0) is 0 Å². The van der Waals surface area contributed by atoms with Gasteiger partial charge in [0.25, 0.3) is 11.5 Å². The van der Waals surface area contributed by atoms with Crippen molar-refractivity contribution in [3.05, 3.63) is 32.6 Å². The fourth-order valence-electron chi connectivity index (χ4n) is 1.39. The smallest absolute Gasteiger partial charge is 0.325 e. The molecular weight excluding hydrogens is 258 g/mol. The van der Waals surface area contributed by atoms with Gasteiger partial charge in [0, 0.05) is 17.5 Å². The highest BCUT2D eigenvalue weighted by Gasteiger charge is 2.19. The van der Waals surface area contributed by atoms with Crippen LogP contribution in [0.1, 0.15) is 17.3 Å². The molecule has 0 bridgehead atoms. The number of aliphatic hydroxyl groups excluding tert-OH is 1. The number of carbonyl (C=O) groups excluding carboxylic acids is 1. The molecule has 1 amide bonds.